The molecule has 1 heteroatoms. The summed E-state index contributed by atoms with van der Waals surface area (Å²) in [5.74, 6) is 2.79. The van der Waals surface area contributed by atoms with Gasteiger partial charge in [-0.05, 0) is 31.1 Å². The molecule has 0 amide bonds. The molecule has 0 radical (unpaired) electrons. The van der Waals surface area contributed by atoms with Gasteiger partial charge in [0, 0.05) is 12.3 Å². The second-order valence-corrected chi connectivity index (χ2v) is 5.41. The van der Waals surface area contributed by atoms with Crippen LogP contribution in [0.5, 0.6) is 0 Å². The highest BCUT2D eigenvalue weighted by Gasteiger charge is 2.26. The van der Waals surface area contributed by atoms with Gasteiger partial charge in [0.05, 0.1) is 0 Å². The highest BCUT2D eigenvalue weighted by atomic mass is 16.1. The molecule has 0 aromatic carbocycles. The van der Waals surface area contributed by atoms with E-state index >= 15 is 0 Å². The Balaban J connectivity index is 1.68. The summed E-state index contributed by atoms with van der Waals surface area (Å²) in [5.41, 5.74) is 0. The SMILES string of the molecule is CC1CCC(C(=O)CCC2CC2)CC1. The molecule has 0 bridgehead atoms. The van der Waals surface area contributed by atoms with E-state index in [1.54, 1.807) is 0 Å². The summed E-state index contributed by atoms with van der Waals surface area (Å²) in [6.07, 6.45) is 9.73. The van der Waals surface area contributed by atoms with E-state index in [1.807, 2.05) is 0 Å². The number of Topliss-reactive ketones (excluding diaryl/α,β-unsaturated/α-hetero) is 1. The molecule has 0 heterocycles. The van der Waals surface area contributed by atoms with Crippen molar-refractivity contribution in [2.45, 2.75) is 58.3 Å². The van der Waals surface area contributed by atoms with Gasteiger partial charge < -0.3 is 0 Å². The maximum atomic E-state index is 11.8. The Labute approximate surface area is 87.3 Å². The van der Waals surface area contributed by atoms with Gasteiger partial charge in [0.1, 0.15) is 5.78 Å². The number of hydrogen-bond acceptors (Lipinski definition) is 1. The standard InChI is InChI=1S/C13H22O/c1-10-2-7-12(8-3-10)13(14)9-6-11-4-5-11/h10-12H,2-9H2,1H3. The Bertz CT molecular complexity index is 197. The van der Waals surface area contributed by atoms with Crippen LogP contribution in [-0.2, 0) is 4.79 Å². The third-order valence-corrected chi connectivity index (χ3v) is 3.97. The Kier molecular flexibility index (Phi) is 3.25. The lowest BCUT2D eigenvalue weighted by molar-refractivity contribution is -0.124. The molecule has 0 unspecified atom stereocenters. The smallest absolute Gasteiger partial charge is 0.135 e. The summed E-state index contributed by atoms with van der Waals surface area (Å²) in [4.78, 5) is 11.8. The van der Waals surface area contributed by atoms with Crippen molar-refractivity contribution in [1.82, 2.24) is 0 Å². The van der Waals surface area contributed by atoms with E-state index in [0.717, 1.165) is 18.3 Å². The van der Waals surface area contributed by atoms with Gasteiger partial charge in [-0.15, -0.1) is 0 Å². The zero-order valence-electron chi connectivity index (χ0n) is 9.30. The molecule has 14 heavy (non-hydrogen) atoms. The normalized spacial score (nSPS) is 32.9. The Morgan fingerprint density at radius 3 is 2.29 bits per heavy atom. The Morgan fingerprint density at radius 2 is 1.71 bits per heavy atom. The molecule has 2 rings (SSSR count). The van der Waals surface area contributed by atoms with Crippen molar-refractivity contribution in [3.05, 3.63) is 0 Å². The van der Waals surface area contributed by atoms with Crippen LogP contribution in [0.4, 0.5) is 0 Å². The lowest BCUT2D eigenvalue weighted by Crippen LogP contribution is -2.20. The van der Waals surface area contributed by atoms with Crippen molar-refractivity contribution >= 4 is 5.78 Å². The highest BCUT2D eigenvalue weighted by Crippen LogP contribution is 2.35. The number of ketones is 1. The van der Waals surface area contributed by atoms with Crippen LogP contribution < -0.4 is 0 Å². The lowest BCUT2D eigenvalue weighted by Gasteiger charge is -2.24. The fourth-order valence-electron chi connectivity index (χ4n) is 2.54. The van der Waals surface area contributed by atoms with Gasteiger partial charge in [-0.2, -0.15) is 0 Å². The van der Waals surface area contributed by atoms with Crippen molar-refractivity contribution in [3.8, 4) is 0 Å². The minimum absolute atomic E-state index is 0.435. The molecule has 80 valence electrons. The summed E-state index contributed by atoms with van der Waals surface area (Å²) in [7, 11) is 0. The first-order valence-electron chi connectivity index (χ1n) is 6.28. The average molecular weight is 194 g/mol. The molecular weight excluding hydrogens is 172 g/mol. The zero-order valence-corrected chi connectivity index (χ0v) is 9.30. The van der Waals surface area contributed by atoms with Crippen LogP contribution in [0.1, 0.15) is 58.3 Å². The zero-order chi connectivity index (χ0) is 9.97. The molecule has 2 saturated carbocycles. The fraction of sp³-hybridized carbons (Fsp3) is 0.923. The molecule has 2 fully saturated rings. The number of hydrogen-bond donors (Lipinski definition) is 0. The molecule has 0 aliphatic heterocycles. The van der Waals surface area contributed by atoms with E-state index in [2.05, 4.69) is 6.92 Å². The first kappa shape index (κ1) is 10.2. The molecular formula is C13H22O. The van der Waals surface area contributed by atoms with Crippen molar-refractivity contribution in [1.29, 1.82) is 0 Å². The Hall–Kier alpha value is -0.330. The summed E-state index contributed by atoms with van der Waals surface area (Å²) in [6, 6.07) is 0. The topological polar surface area (TPSA) is 17.1 Å². The second-order valence-electron chi connectivity index (χ2n) is 5.41. The third kappa shape index (κ3) is 2.83. The van der Waals surface area contributed by atoms with Crippen molar-refractivity contribution in [3.63, 3.8) is 0 Å². The van der Waals surface area contributed by atoms with Crippen molar-refractivity contribution in [2.75, 3.05) is 0 Å². The molecule has 0 aromatic heterocycles. The van der Waals surface area contributed by atoms with Crippen LogP contribution in [0, 0.1) is 17.8 Å². The van der Waals surface area contributed by atoms with Gasteiger partial charge >= 0.3 is 0 Å². The number of carbonyl (C=O) groups excluding carboxylic acids is 1. The molecule has 0 saturated heterocycles. The average Bonchev–Trinajstić information content (AvgIpc) is 2.99. The van der Waals surface area contributed by atoms with Gasteiger partial charge in [-0.3, -0.25) is 4.79 Å². The summed E-state index contributed by atoms with van der Waals surface area (Å²) < 4.78 is 0. The third-order valence-electron chi connectivity index (χ3n) is 3.97. The van der Waals surface area contributed by atoms with E-state index in [9.17, 15) is 4.79 Å². The van der Waals surface area contributed by atoms with Crippen LogP contribution in [0.15, 0.2) is 0 Å². The maximum Gasteiger partial charge on any atom is 0.135 e. The molecule has 0 atom stereocenters. The number of rotatable bonds is 4. The molecule has 0 N–H and O–H groups in total. The largest absolute Gasteiger partial charge is 0.299 e. The fourth-order valence-corrected chi connectivity index (χ4v) is 2.54. The molecule has 0 aromatic rings. The maximum absolute atomic E-state index is 11.8. The minimum Gasteiger partial charge on any atom is -0.299 e. The van der Waals surface area contributed by atoms with Gasteiger partial charge in [-0.1, -0.05) is 32.6 Å². The summed E-state index contributed by atoms with van der Waals surface area (Å²) in [6.45, 7) is 2.31. The molecule has 1 nitrogen and oxygen atoms in total. The monoisotopic (exact) mass is 194 g/mol. The van der Waals surface area contributed by atoms with Crippen LogP contribution in [0.25, 0.3) is 0 Å². The molecule has 0 spiro atoms. The predicted octanol–water partition coefficient (Wildman–Crippen LogP) is 3.57. The predicted molar refractivity (Wildman–Crippen MR) is 58.1 cm³/mol. The van der Waals surface area contributed by atoms with E-state index in [-0.39, 0.29) is 0 Å². The van der Waals surface area contributed by atoms with Gasteiger partial charge in [0.25, 0.3) is 0 Å². The number of carbonyl (C=O) groups is 1. The van der Waals surface area contributed by atoms with E-state index in [1.165, 1.54) is 44.9 Å². The van der Waals surface area contributed by atoms with Gasteiger partial charge in [0.2, 0.25) is 0 Å². The quantitative estimate of drug-likeness (QED) is 0.668. The Morgan fingerprint density at radius 1 is 1.07 bits per heavy atom. The summed E-state index contributed by atoms with van der Waals surface area (Å²) in [5, 5.41) is 0. The van der Waals surface area contributed by atoms with Crippen LogP contribution in [0.3, 0.4) is 0 Å². The van der Waals surface area contributed by atoms with Crippen molar-refractivity contribution in [2.24, 2.45) is 17.8 Å². The van der Waals surface area contributed by atoms with Gasteiger partial charge in [-0.25, -0.2) is 0 Å². The van der Waals surface area contributed by atoms with Gasteiger partial charge in [0.15, 0.2) is 0 Å². The van der Waals surface area contributed by atoms with Crippen LogP contribution >= 0.6 is 0 Å². The lowest BCUT2D eigenvalue weighted by atomic mass is 9.80. The highest BCUT2D eigenvalue weighted by molar-refractivity contribution is 5.81. The van der Waals surface area contributed by atoms with E-state index in [4.69, 9.17) is 0 Å². The first-order valence-corrected chi connectivity index (χ1v) is 6.28. The van der Waals surface area contributed by atoms with Crippen LogP contribution in [0.2, 0.25) is 0 Å². The molecule has 2 aliphatic carbocycles. The van der Waals surface area contributed by atoms with E-state index < -0.39 is 0 Å². The summed E-state index contributed by atoms with van der Waals surface area (Å²) >= 11 is 0. The second kappa shape index (κ2) is 4.46. The molecule has 2 aliphatic rings. The van der Waals surface area contributed by atoms with Crippen molar-refractivity contribution < 1.29 is 4.79 Å². The van der Waals surface area contributed by atoms with Crippen LogP contribution in [-0.4, -0.2) is 5.78 Å². The van der Waals surface area contributed by atoms with E-state index in [0.29, 0.717) is 11.7 Å². The minimum atomic E-state index is 0.435. The first-order chi connectivity index (χ1) is 6.75.